The molecule has 22 heavy (non-hydrogen) atoms. The van der Waals surface area contributed by atoms with Crippen LogP contribution in [0.25, 0.3) is 0 Å². The summed E-state index contributed by atoms with van der Waals surface area (Å²) >= 11 is 0. The van der Waals surface area contributed by atoms with Crippen molar-refractivity contribution in [3.8, 4) is 0 Å². The van der Waals surface area contributed by atoms with Gasteiger partial charge in [0.2, 0.25) is 0 Å². The number of aliphatic hydroxyl groups is 1. The van der Waals surface area contributed by atoms with Crippen molar-refractivity contribution in [3.05, 3.63) is 35.4 Å². The molecular formula is C16H22F2N2O2. The number of halogens is 2. The van der Waals surface area contributed by atoms with E-state index in [1.807, 2.05) is 0 Å². The summed E-state index contributed by atoms with van der Waals surface area (Å²) in [6.07, 6.45) is 2.95. The second-order valence-electron chi connectivity index (χ2n) is 5.75. The minimum atomic E-state index is -0.579. The van der Waals surface area contributed by atoms with Gasteiger partial charge in [0, 0.05) is 11.6 Å². The number of aliphatic hydroxyl groups excluding tert-OH is 1. The van der Waals surface area contributed by atoms with E-state index in [9.17, 15) is 18.7 Å². The molecule has 1 aromatic carbocycles. The SMILES string of the molecule is CCC(NC(=O)NC1CCC(O)CC1)c1cc(F)ccc1F. The van der Waals surface area contributed by atoms with Gasteiger partial charge in [-0.2, -0.15) is 0 Å². The van der Waals surface area contributed by atoms with Crippen LogP contribution in [0.5, 0.6) is 0 Å². The van der Waals surface area contributed by atoms with Crippen molar-refractivity contribution in [3.63, 3.8) is 0 Å². The van der Waals surface area contributed by atoms with Crippen molar-refractivity contribution >= 4 is 6.03 Å². The lowest BCUT2D eigenvalue weighted by Crippen LogP contribution is -2.45. The molecule has 0 spiro atoms. The summed E-state index contributed by atoms with van der Waals surface area (Å²) in [5.74, 6) is -1.06. The van der Waals surface area contributed by atoms with Gasteiger partial charge in [-0.15, -0.1) is 0 Å². The Balaban J connectivity index is 1.95. The van der Waals surface area contributed by atoms with Crippen LogP contribution in [-0.4, -0.2) is 23.3 Å². The van der Waals surface area contributed by atoms with Crippen LogP contribution >= 0.6 is 0 Å². The zero-order valence-corrected chi connectivity index (χ0v) is 12.6. The Morgan fingerprint density at radius 3 is 2.64 bits per heavy atom. The van der Waals surface area contributed by atoms with E-state index in [2.05, 4.69) is 10.6 Å². The zero-order chi connectivity index (χ0) is 16.1. The number of hydrogen-bond donors (Lipinski definition) is 3. The Labute approximate surface area is 128 Å². The van der Waals surface area contributed by atoms with Gasteiger partial charge in [-0.3, -0.25) is 0 Å². The third kappa shape index (κ3) is 4.40. The lowest BCUT2D eigenvalue weighted by molar-refractivity contribution is 0.117. The second kappa shape index (κ2) is 7.54. The van der Waals surface area contributed by atoms with E-state index >= 15 is 0 Å². The number of nitrogens with one attached hydrogen (secondary N) is 2. The number of carbonyl (C=O) groups is 1. The van der Waals surface area contributed by atoms with Gasteiger partial charge in [0.25, 0.3) is 0 Å². The van der Waals surface area contributed by atoms with Gasteiger partial charge in [-0.25, -0.2) is 13.6 Å². The first kappa shape index (κ1) is 16.7. The minimum absolute atomic E-state index is 0.0123. The predicted molar refractivity (Wildman–Crippen MR) is 79.3 cm³/mol. The summed E-state index contributed by atoms with van der Waals surface area (Å²) in [6, 6.07) is 2.27. The summed E-state index contributed by atoms with van der Waals surface area (Å²) in [4.78, 5) is 12.0. The van der Waals surface area contributed by atoms with Gasteiger partial charge in [0.05, 0.1) is 12.1 Å². The van der Waals surface area contributed by atoms with E-state index in [0.29, 0.717) is 19.3 Å². The molecule has 4 nitrogen and oxygen atoms in total. The summed E-state index contributed by atoms with van der Waals surface area (Å²) in [7, 11) is 0. The van der Waals surface area contributed by atoms with E-state index in [-0.39, 0.29) is 17.7 Å². The van der Waals surface area contributed by atoms with Crippen molar-refractivity contribution in [2.24, 2.45) is 0 Å². The average molecular weight is 312 g/mol. The number of carbonyl (C=O) groups excluding carboxylic acids is 1. The first-order valence-electron chi connectivity index (χ1n) is 7.69. The molecule has 3 N–H and O–H groups in total. The second-order valence-corrected chi connectivity index (χ2v) is 5.75. The molecule has 1 atom stereocenters. The molecule has 2 rings (SSSR count). The molecule has 122 valence electrons. The Morgan fingerprint density at radius 2 is 2.00 bits per heavy atom. The Bertz CT molecular complexity index is 517. The highest BCUT2D eigenvalue weighted by Gasteiger charge is 2.22. The largest absolute Gasteiger partial charge is 0.393 e. The molecule has 0 aliphatic heterocycles. The maximum atomic E-state index is 13.8. The monoisotopic (exact) mass is 312 g/mol. The smallest absolute Gasteiger partial charge is 0.315 e. The molecule has 1 aromatic rings. The van der Waals surface area contributed by atoms with Crippen molar-refractivity contribution < 1.29 is 18.7 Å². The molecule has 1 fully saturated rings. The normalized spacial score (nSPS) is 22.9. The highest BCUT2D eigenvalue weighted by atomic mass is 19.1. The number of urea groups is 1. The van der Waals surface area contributed by atoms with Gasteiger partial charge in [-0.1, -0.05) is 6.92 Å². The van der Waals surface area contributed by atoms with Crippen LogP contribution in [0.15, 0.2) is 18.2 Å². The predicted octanol–water partition coefficient (Wildman–Crippen LogP) is 3.02. The van der Waals surface area contributed by atoms with Crippen LogP contribution < -0.4 is 10.6 Å². The van der Waals surface area contributed by atoms with Crippen LogP contribution in [0.3, 0.4) is 0 Å². The van der Waals surface area contributed by atoms with E-state index in [0.717, 1.165) is 31.0 Å². The third-order valence-corrected chi connectivity index (χ3v) is 4.08. The maximum absolute atomic E-state index is 13.8. The fourth-order valence-corrected chi connectivity index (χ4v) is 2.79. The molecule has 0 saturated heterocycles. The molecule has 1 aliphatic rings. The van der Waals surface area contributed by atoms with Crippen LogP contribution in [0, 0.1) is 11.6 Å². The molecule has 0 bridgehead atoms. The Kier molecular flexibility index (Phi) is 5.71. The molecule has 6 heteroatoms. The van der Waals surface area contributed by atoms with Crippen LogP contribution in [0.4, 0.5) is 13.6 Å². The molecule has 2 amide bonds. The summed E-state index contributed by atoms with van der Waals surface area (Å²) in [5, 5.41) is 15.0. The quantitative estimate of drug-likeness (QED) is 0.800. The molecule has 1 aliphatic carbocycles. The van der Waals surface area contributed by atoms with E-state index < -0.39 is 23.7 Å². The first-order chi connectivity index (χ1) is 10.5. The van der Waals surface area contributed by atoms with Gasteiger partial charge >= 0.3 is 6.03 Å². The van der Waals surface area contributed by atoms with Gasteiger partial charge < -0.3 is 15.7 Å². The molecule has 0 aromatic heterocycles. The fraction of sp³-hybridized carbons (Fsp3) is 0.562. The fourth-order valence-electron chi connectivity index (χ4n) is 2.79. The topological polar surface area (TPSA) is 61.4 Å². The zero-order valence-electron chi connectivity index (χ0n) is 12.6. The first-order valence-corrected chi connectivity index (χ1v) is 7.69. The maximum Gasteiger partial charge on any atom is 0.315 e. The van der Waals surface area contributed by atoms with E-state index in [1.54, 1.807) is 6.92 Å². The molecule has 0 heterocycles. The molecular weight excluding hydrogens is 290 g/mol. The molecule has 0 radical (unpaired) electrons. The number of benzene rings is 1. The summed E-state index contributed by atoms with van der Waals surface area (Å²) < 4.78 is 27.1. The van der Waals surface area contributed by atoms with Gasteiger partial charge in [-0.05, 0) is 50.3 Å². The Hall–Kier alpha value is -1.69. The standard InChI is InChI=1S/C16H22F2N2O2/c1-2-15(13-9-10(17)3-8-14(13)18)20-16(22)19-11-4-6-12(21)7-5-11/h3,8-9,11-12,15,21H,2,4-7H2,1H3,(H2,19,20,22). The average Bonchev–Trinajstić information content (AvgIpc) is 2.50. The highest BCUT2D eigenvalue weighted by molar-refractivity contribution is 5.74. The molecule has 1 unspecified atom stereocenters. The van der Waals surface area contributed by atoms with E-state index in [4.69, 9.17) is 0 Å². The Morgan fingerprint density at radius 1 is 1.32 bits per heavy atom. The van der Waals surface area contributed by atoms with E-state index in [1.165, 1.54) is 0 Å². The van der Waals surface area contributed by atoms with Crippen molar-refractivity contribution in [2.75, 3.05) is 0 Å². The number of hydrogen-bond acceptors (Lipinski definition) is 2. The van der Waals surface area contributed by atoms with Crippen molar-refractivity contribution in [1.29, 1.82) is 0 Å². The third-order valence-electron chi connectivity index (χ3n) is 4.08. The van der Waals surface area contributed by atoms with Crippen LogP contribution in [0.2, 0.25) is 0 Å². The van der Waals surface area contributed by atoms with Gasteiger partial charge in [0.15, 0.2) is 0 Å². The lowest BCUT2D eigenvalue weighted by Gasteiger charge is -2.27. The van der Waals surface area contributed by atoms with Crippen molar-refractivity contribution in [1.82, 2.24) is 10.6 Å². The van der Waals surface area contributed by atoms with Crippen LogP contribution in [-0.2, 0) is 0 Å². The van der Waals surface area contributed by atoms with Crippen molar-refractivity contribution in [2.45, 2.75) is 57.2 Å². The number of rotatable bonds is 4. The van der Waals surface area contributed by atoms with Gasteiger partial charge in [0.1, 0.15) is 11.6 Å². The lowest BCUT2D eigenvalue weighted by atomic mass is 9.93. The highest BCUT2D eigenvalue weighted by Crippen LogP contribution is 2.22. The summed E-state index contributed by atoms with van der Waals surface area (Å²) in [5.41, 5.74) is 0.150. The molecule has 1 saturated carbocycles. The summed E-state index contributed by atoms with van der Waals surface area (Å²) in [6.45, 7) is 1.80. The van der Waals surface area contributed by atoms with Crippen LogP contribution in [0.1, 0.15) is 50.6 Å². The minimum Gasteiger partial charge on any atom is -0.393 e. The number of amides is 2.